The van der Waals surface area contributed by atoms with E-state index in [0.29, 0.717) is 12.0 Å². The number of rotatable bonds is 5. The minimum atomic E-state index is 0.158. The summed E-state index contributed by atoms with van der Waals surface area (Å²) in [5.74, 6) is 4.07. The number of nitrogens with zero attached hydrogens (tertiary/aromatic N) is 2. The number of fused-ring (bicyclic) bond motifs is 4. The Labute approximate surface area is 214 Å². The maximum absolute atomic E-state index is 6.12. The zero-order chi connectivity index (χ0) is 23.6. The van der Waals surface area contributed by atoms with Crippen molar-refractivity contribution in [1.82, 2.24) is 20.5 Å². The molecule has 2 N–H and O–H groups in total. The van der Waals surface area contributed by atoms with Gasteiger partial charge in [-0.15, -0.1) is 6.58 Å². The van der Waals surface area contributed by atoms with E-state index in [4.69, 9.17) is 12.2 Å². The number of hydrogen-bond donors (Lipinski definition) is 2. The molecule has 2 aromatic rings. The van der Waals surface area contributed by atoms with Crippen LogP contribution >= 0.6 is 12.2 Å². The Morgan fingerprint density at radius 2 is 1.83 bits per heavy atom. The fraction of sp³-hybridized carbons (Fsp3) is 0.600. The summed E-state index contributed by atoms with van der Waals surface area (Å²) in [7, 11) is 0. The maximum atomic E-state index is 6.12. The quantitative estimate of drug-likeness (QED) is 0.425. The maximum Gasteiger partial charge on any atom is 0.167 e. The lowest BCUT2D eigenvalue weighted by atomic mass is 9.53. The predicted octanol–water partition coefficient (Wildman–Crippen LogP) is 5.61. The fourth-order valence-corrected chi connectivity index (χ4v) is 9.52. The van der Waals surface area contributed by atoms with Gasteiger partial charge in [0, 0.05) is 29.7 Å². The molecular weight excluding hydrogens is 448 g/mol. The lowest BCUT2D eigenvalue weighted by Gasteiger charge is -2.57. The number of nitrogens with one attached hydrogen (secondary N) is 2. The number of piperidine rings is 3. The standard InChI is InChI=1S/C30H38N4S/c1-2-22-18-34-10-8-23(22)14-27(34)28(25-7-9-31-26-6-4-3-5-24(25)26)32-29(35)33-30-15-19-11-20(16-30)13-21(12-19)17-30/h2-7,9,19-23,27-28H,1,8,10-18H2,(H2,32,33,35). The highest BCUT2D eigenvalue weighted by molar-refractivity contribution is 7.80. The van der Waals surface area contributed by atoms with Crippen molar-refractivity contribution in [3.8, 4) is 0 Å². The van der Waals surface area contributed by atoms with Crippen molar-refractivity contribution in [3.63, 3.8) is 0 Å². The van der Waals surface area contributed by atoms with E-state index in [1.54, 1.807) is 0 Å². The average Bonchev–Trinajstić information content (AvgIpc) is 2.86. The molecule has 0 radical (unpaired) electrons. The normalized spacial score (nSPS) is 39.9. The summed E-state index contributed by atoms with van der Waals surface area (Å²) in [4.78, 5) is 7.37. The topological polar surface area (TPSA) is 40.2 Å². The van der Waals surface area contributed by atoms with Gasteiger partial charge in [0.1, 0.15) is 0 Å². The van der Waals surface area contributed by atoms with E-state index < -0.39 is 0 Å². The summed E-state index contributed by atoms with van der Waals surface area (Å²) in [5, 5.41) is 9.96. The first kappa shape index (κ1) is 22.2. The molecule has 4 saturated carbocycles. The molecule has 5 unspecified atom stereocenters. The number of benzene rings is 1. The van der Waals surface area contributed by atoms with Crippen LogP contribution in [0.15, 0.2) is 49.2 Å². The van der Waals surface area contributed by atoms with E-state index in [0.717, 1.165) is 40.8 Å². The second-order valence-corrected chi connectivity index (χ2v) is 12.8. The first-order valence-electron chi connectivity index (χ1n) is 13.9. The first-order valence-corrected chi connectivity index (χ1v) is 14.3. The van der Waals surface area contributed by atoms with Crippen LogP contribution in [0.4, 0.5) is 0 Å². The summed E-state index contributed by atoms with van der Waals surface area (Å²) < 4.78 is 0. The molecule has 7 aliphatic rings. The largest absolute Gasteiger partial charge is 0.357 e. The van der Waals surface area contributed by atoms with Gasteiger partial charge < -0.3 is 10.6 Å². The van der Waals surface area contributed by atoms with Crippen LogP contribution in [0.1, 0.15) is 63.0 Å². The van der Waals surface area contributed by atoms with Gasteiger partial charge in [-0.25, -0.2) is 0 Å². The summed E-state index contributed by atoms with van der Waals surface area (Å²) >= 11 is 6.12. The summed E-state index contributed by atoms with van der Waals surface area (Å²) in [5.41, 5.74) is 2.62. The molecule has 0 spiro atoms. The van der Waals surface area contributed by atoms with E-state index in [1.165, 1.54) is 68.9 Å². The third kappa shape index (κ3) is 3.90. The van der Waals surface area contributed by atoms with E-state index in [1.807, 2.05) is 6.20 Å². The lowest BCUT2D eigenvalue weighted by Crippen LogP contribution is -2.63. The molecule has 1 aromatic heterocycles. The number of aromatic nitrogens is 1. The van der Waals surface area contributed by atoms with Crippen LogP contribution < -0.4 is 10.6 Å². The Morgan fingerprint density at radius 3 is 2.51 bits per heavy atom. The van der Waals surface area contributed by atoms with Crippen molar-refractivity contribution in [2.24, 2.45) is 29.6 Å². The van der Waals surface area contributed by atoms with Crippen molar-refractivity contribution in [1.29, 1.82) is 0 Å². The van der Waals surface area contributed by atoms with Gasteiger partial charge in [-0.1, -0.05) is 24.3 Å². The van der Waals surface area contributed by atoms with Gasteiger partial charge in [-0.05, 0) is 117 Å². The Hall–Kier alpha value is -1.98. The molecule has 7 fully saturated rings. The Bertz CT molecular complexity index is 1100. The molecule has 5 atom stereocenters. The Balaban J connectivity index is 1.19. The van der Waals surface area contributed by atoms with Crippen LogP contribution in [0.3, 0.4) is 0 Å². The minimum absolute atomic E-state index is 0.158. The number of pyridine rings is 1. The van der Waals surface area contributed by atoms with Gasteiger partial charge in [0.05, 0.1) is 11.6 Å². The highest BCUT2D eigenvalue weighted by Gasteiger charge is 2.51. The SMILES string of the molecule is C=CC1CN2CCC1CC2C(NC(=S)NC12CC3CC(CC(C3)C1)C2)c1ccnc2ccccc12. The lowest BCUT2D eigenvalue weighted by molar-refractivity contribution is -0.0113. The monoisotopic (exact) mass is 486 g/mol. The van der Waals surface area contributed by atoms with Gasteiger partial charge >= 0.3 is 0 Å². The third-order valence-electron chi connectivity index (χ3n) is 10.3. The zero-order valence-corrected chi connectivity index (χ0v) is 21.5. The van der Waals surface area contributed by atoms with E-state index in [9.17, 15) is 0 Å². The second kappa shape index (κ2) is 8.55. The molecule has 0 amide bonds. The van der Waals surface area contributed by atoms with E-state index in [2.05, 4.69) is 63.5 Å². The minimum Gasteiger partial charge on any atom is -0.357 e. The van der Waals surface area contributed by atoms with Crippen molar-refractivity contribution in [2.75, 3.05) is 13.1 Å². The van der Waals surface area contributed by atoms with Crippen LogP contribution in [-0.4, -0.2) is 39.7 Å². The average molecular weight is 487 g/mol. The highest BCUT2D eigenvalue weighted by atomic mass is 32.1. The zero-order valence-electron chi connectivity index (χ0n) is 20.7. The van der Waals surface area contributed by atoms with Gasteiger partial charge in [-0.3, -0.25) is 9.88 Å². The molecule has 9 rings (SSSR count). The van der Waals surface area contributed by atoms with Crippen LogP contribution in [0.5, 0.6) is 0 Å². The Morgan fingerprint density at radius 1 is 1.09 bits per heavy atom. The smallest absolute Gasteiger partial charge is 0.167 e. The number of thiocarbonyl (C=S) groups is 1. The molecule has 1 aromatic carbocycles. The number of para-hydroxylation sites is 1. The molecule has 3 aliphatic heterocycles. The van der Waals surface area contributed by atoms with Crippen molar-refractivity contribution in [2.45, 2.75) is 69.0 Å². The predicted molar refractivity (Wildman–Crippen MR) is 146 cm³/mol. The van der Waals surface area contributed by atoms with Crippen LogP contribution in [-0.2, 0) is 0 Å². The first-order chi connectivity index (χ1) is 17.1. The van der Waals surface area contributed by atoms with Gasteiger partial charge in [0.15, 0.2) is 5.11 Å². The number of hydrogen-bond acceptors (Lipinski definition) is 3. The summed E-state index contributed by atoms with van der Waals surface area (Å²) in [6, 6.07) is 11.4. The summed E-state index contributed by atoms with van der Waals surface area (Å²) in [6.07, 6.45) is 14.9. The molecule has 5 heteroatoms. The summed E-state index contributed by atoms with van der Waals surface area (Å²) in [6.45, 7) is 6.44. The molecular formula is C30H38N4S. The van der Waals surface area contributed by atoms with Gasteiger partial charge in [-0.2, -0.15) is 0 Å². The molecule has 4 aliphatic carbocycles. The second-order valence-electron chi connectivity index (χ2n) is 12.4. The van der Waals surface area contributed by atoms with Gasteiger partial charge in [0.25, 0.3) is 0 Å². The van der Waals surface area contributed by atoms with Crippen LogP contribution in [0, 0.1) is 29.6 Å². The van der Waals surface area contributed by atoms with Crippen molar-refractivity contribution < 1.29 is 0 Å². The molecule has 4 heterocycles. The van der Waals surface area contributed by atoms with E-state index in [-0.39, 0.29) is 11.6 Å². The molecule has 3 saturated heterocycles. The van der Waals surface area contributed by atoms with Crippen molar-refractivity contribution >= 4 is 28.2 Å². The Kier molecular flexibility index (Phi) is 5.43. The third-order valence-corrected chi connectivity index (χ3v) is 10.5. The van der Waals surface area contributed by atoms with Crippen molar-refractivity contribution in [3.05, 3.63) is 54.7 Å². The molecule has 35 heavy (non-hydrogen) atoms. The highest BCUT2D eigenvalue weighted by Crippen LogP contribution is 2.55. The fourth-order valence-electron chi connectivity index (χ4n) is 9.18. The van der Waals surface area contributed by atoms with Gasteiger partial charge in [0.2, 0.25) is 0 Å². The van der Waals surface area contributed by atoms with Crippen LogP contribution in [0.2, 0.25) is 0 Å². The molecule has 6 bridgehead atoms. The van der Waals surface area contributed by atoms with Crippen LogP contribution in [0.25, 0.3) is 10.9 Å². The molecule has 4 nitrogen and oxygen atoms in total. The molecule has 184 valence electrons. The van der Waals surface area contributed by atoms with E-state index >= 15 is 0 Å².